The van der Waals surface area contributed by atoms with Gasteiger partial charge in [-0.2, -0.15) is 4.57 Å². The van der Waals surface area contributed by atoms with Crippen molar-refractivity contribution in [3.05, 3.63) is 65.2 Å². The third kappa shape index (κ3) is 2.38. The van der Waals surface area contributed by atoms with E-state index in [1.54, 1.807) is 0 Å². The van der Waals surface area contributed by atoms with Crippen molar-refractivity contribution in [2.24, 2.45) is 7.05 Å². The highest BCUT2D eigenvalue weighted by atomic mass is 16.5. The van der Waals surface area contributed by atoms with Crippen molar-refractivity contribution in [2.75, 3.05) is 0 Å². The molecule has 2 heterocycles. The van der Waals surface area contributed by atoms with Gasteiger partial charge in [0.05, 0.1) is 10.9 Å². The predicted molar refractivity (Wildman–Crippen MR) is 119 cm³/mol. The molecule has 0 N–H and O–H groups in total. The number of pyridine rings is 1. The zero-order chi connectivity index (χ0) is 19.7. The summed E-state index contributed by atoms with van der Waals surface area (Å²) >= 11 is 0. The summed E-state index contributed by atoms with van der Waals surface area (Å²) in [6, 6.07) is 18.0. The molecule has 1 aliphatic heterocycles. The second-order valence-corrected chi connectivity index (χ2v) is 8.87. The molecule has 6 rings (SSSR count). The Morgan fingerprint density at radius 2 is 1.72 bits per heavy atom. The second kappa shape index (κ2) is 6.06. The van der Waals surface area contributed by atoms with Crippen molar-refractivity contribution in [3.63, 3.8) is 0 Å². The standard InChI is InChI=1S/C27H26NO/c1-16-13-20-9-6-10-23-26(20)25(17(16)2)27-24(29-23)15-21-14-19(18-7-4-5-8-18)11-12-22(21)28(27)3/h6,9-15,18H,4-5,7-8H2,1-3H3/q+1. The molecule has 29 heavy (non-hydrogen) atoms. The smallest absolute Gasteiger partial charge is 0.256 e. The van der Waals surface area contributed by atoms with Gasteiger partial charge in [-0.25, -0.2) is 0 Å². The van der Waals surface area contributed by atoms with E-state index in [0.29, 0.717) is 0 Å². The van der Waals surface area contributed by atoms with Crippen LogP contribution in [0.4, 0.5) is 0 Å². The fraction of sp³-hybridized carbons (Fsp3) is 0.296. The van der Waals surface area contributed by atoms with E-state index in [-0.39, 0.29) is 0 Å². The van der Waals surface area contributed by atoms with Crippen LogP contribution in [0, 0.1) is 13.8 Å². The van der Waals surface area contributed by atoms with Crippen LogP contribution in [0.1, 0.15) is 48.3 Å². The van der Waals surface area contributed by atoms with Gasteiger partial charge in [0.25, 0.3) is 5.69 Å². The quantitative estimate of drug-likeness (QED) is 0.289. The van der Waals surface area contributed by atoms with E-state index >= 15 is 0 Å². The topological polar surface area (TPSA) is 13.1 Å². The van der Waals surface area contributed by atoms with E-state index in [4.69, 9.17) is 4.74 Å². The summed E-state index contributed by atoms with van der Waals surface area (Å²) in [5.41, 5.74) is 7.93. The summed E-state index contributed by atoms with van der Waals surface area (Å²) in [5, 5.41) is 3.76. The lowest BCUT2D eigenvalue weighted by atomic mass is 9.90. The molecular weight excluding hydrogens is 354 g/mol. The van der Waals surface area contributed by atoms with Crippen LogP contribution < -0.4 is 9.30 Å². The Morgan fingerprint density at radius 1 is 0.897 bits per heavy atom. The van der Waals surface area contributed by atoms with E-state index in [9.17, 15) is 0 Å². The molecule has 0 radical (unpaired) electrons. The lowest BCUT2D eigenvalue weighted by Gasteiger charge is -2.22. The van der Waals surface area contributed by atoms with E-state index in [1.807, 2.05) is 0 Å². The van der Waals surface area contributed by atoms with E-state index in [0.717, 1.165) is 17.4 Å². The number of hydrogen-bond donors (Lipinski definition) is 0. The lowest BCUT2D eigenvalue weighted by Crippen LogP contribution is -2.33. The van der Waals surface area contributed by atoms with Crippen molar-refractivity contribution >= 4 is 21.7 Å². The van der Waals surface area contributed by atoms with Gasteiger partial charge in [0.1, 0.15) is 12.8 Å². The zero-order valence-corrected chi connectivity index (χ0v) is 17.4. The van der Waals surface area contributed by atoms with Crippen molar-refractivity contribution in [2.45, 2.75) is 45.4 Å². The summed E-state index contributed by atoms with van der Waals surface area (Å²) in [6.45, 7) is 4.45. The number of nitrogens with zero attached hydrogens (tertiary/aromatic N) is 1. The minimum absolute atomic E-state index is 0.723. The first-order valence-electron chi connectivity index (χ1n) is 10.8. The number of aromatic nitrogens is 1. The fourth-order valence-corrected chi connectivity index (χ4v) is 5.53. The van der Waals surface area contributed by atoms with Crippen LogP contribution in [0.3, 0.4) is 0 Å². The van der Waals surface area contributed by atoms with Gasteiger partial charge in [0, 0.05) is 17.5 Å². The molecule has 0 bridgehead atoms. The first-order valence-corrected chi connectivity index (χ1v) is 10.8. The van der Waals surface area contributed by atoms with Crippen LogP contribution in [0.15, 0.2) is 48.5 Å². The maximum atomic E-state index is 6.48. The monoisotopic (exact) mass is 380 g/mol. The van der Waals surface area contributed by atoms with Gasteiger partial charge in [-0.05, 0) is 66.8 Å². The molecule has 2 heteroatoms. The van der Waals surface area contributed by atoms with Gasteiger partial charge in [-0.15, -0.1) is 0 Å². The van der Waals surface area contributed by atoms with Crippen LogP contribution in [0.5, 0.6) is 11.5 Å². The van der Waals surface area contributed by atoms with Gasteiger partial charge in [-0.1, -0.05) is 37.1 Å². The Bertz CT molecular complexity index is 1310. The minimum atomic E-state index is 0.723. The highest BCUT2D eigenvalue weighted by Crippen LogP contribution is 2.48. The molecule has 2 nitrogen and oxygen atoms in total. The van der Waals surface area contributed by atoms with E-state index < -0.39 is 0 Å². The summed E-state index contributed by atoms with van der Waals surface area (Å²) in [5.74, 6) is 2.66. The van der Waals surface area contributed by atoms with Crippen LogP contribution in [-0.4, -0.2) is 0 Å². The number of benzene rings is 3. The normalized spacial score (nSPS) is 15.7. The maximum Gasteiger partial charge on any atom is 0.256 e. The third-order valence-electron chi connectivity index (χ3n) is 7.20. The Kier molecular flexibility index (Phi) is 3.56. The molecule has 2 aliphatic rings. The molecule has 3 aromatic carbocycles. The molecule has 0 atom stereocenters. The molecular formula is C27H26NO+. The van der Waals surface area contributed by atoms with Crippen molar-refractivity contribution in [1.29, 1.82) is 0 Å². The summed E-state index contributed by atoms with van der Waals surface area (Å²) in [4.78, 5) is 0. The number of fused-ring (bicyclic) bond motifs is 3. The van der Waals surface area contributed by atoms with Crippen LogP contribution in [-0.2, 0) is 7.05 Å². The molecule has 4 aromatic rings. The van der Waals surface area contributed by atoms with Gasteiger partial charge in [-0.3, -0.25) is 0 Å². The Morgan fingerprint density at radius 3 is 2.55 bits per heavy atom. The first-order chi connectivity index (χ1) is 14.1. The number of hydrogen-bond acceptors (Lipinski definition) is 1. The summed E-state index contributed by atoms with van der Waals surface area (Å²) < 4.78 is 8.81. The van der Waals surface area contributed by atoms with E-state index in [2.05, 4.69) is 74.0 Å². The van der Waals surface area contributed by atoms with Gasteiger partial charge in [0.2, 0.25) is 5.52 Å². The molecule has 0 spiro atoms. The fourth-order valence-electron chi connectivity index (χ4n) is 5.53. The average molecular weight is 381 g/mol. The number of aryl methyl sites for hydroxylation is 2. The van der Waals surface area contributed by atoms with E-state index in [1.165, 1.54) is 75.3 Å². The first kappa shape index (κ1) is 17.0. The van der Waals surface area contributed by atoms with Crippen molar-refractivity contribution < 1.29 is 9.30 Å². The predicted octanol–water partition coefficient (Wildman–Crippen LogP) is 6.86. The molecule has 0 amide bonds. The Labute approximate surface area is 171 Å². The highest BCUT2D eigenvalue weighted by molar-refractivity contribution is 6.05. The zero-order valence-electron chi connectivity index (χ0n) is 17.4. The van der Waals surface area contributed by atoms with Crippen molar-refractivity contribution in [3.8, 4) is 22.8 Å². The largest absolute Gasteiger partial charge is 0.450 e. The SMILES string of the molecule is Cc1cc2cccc3c2c(c1C)-c1c(cc2cc(C4CCCC4)ccc2[n+]1C)O3. The molecule has 1 aliphatic carbocycles. The van der Waals surface area contributed by atoms with Crippen LogP contribution in [0.25, 0.3) is 32.9 Å². The molecule has 0 saturated heterocycles. The summed E-state index contributed by atoms with van der Waals surface area (Å²) in [6.07, 6.45) is 5.38. The highest BCUT2D eigenvalue weighted by Gasteiger charge is 2.31. The Balaban J connectivity index is 1.66. The van der Waals surface area contributed by atoms with Gasteiger partial charge in [0.15, 0.2) is 5.75 Å². The van der Waals surface area contributed by atoms with Gasteiger partial charge < -0.3 is 4.74 Å². The number of ether oxygens (including phenoxy) is 1. The molecule has 144 valence electrons. The van der Waals surface area contributed by atoms with Crippen LogP contribution >= 0.6 is 0 Å². The molecule has 1 aromatic heterocycles. The van der Waals surface area contributed by atoms with Crippen LogP contribution in [0.2, 0.25) is 0 Å². The maximum absolute atomic E-state index is 6.48. The minimum Gasteiger partial charge on any atom is -0.450 e. The number of rotatable bonds is 1. The second-order valence-electron chi connectivity index (χ2n) is 8.87. The average Bonchev–Trinajstić information content (AvgIpc) is 3.26. The molecule has 0 unspecified atom stereocenters. The molecule has 1 saturated carbocycles. The summed E-state index contributed by atoms with van der Waals surface area (Å²) in [7, 11) is 2.18. The third-order valence-corrected chi connectivity index (χ3v) is 7.20. The lowest BCUT2D eigenvalue weighted by molar-refractivity contribution is -0.633. The molecule has 1 fully saturated rings. The Hall–Kier alpha value is -2.87. The van der Waals surface area contributed by atoms with Gasteiger partial charge >= 0.3 is 0 Å². The van der Waals surface area contributed by atoms with Crippen molar-refractivity contribution in [1.82, 2.24) is 0 Å².